The second kappa shape index (κ2) is 7.40. The van der Waals surface area contributed by atoms with Gasteiger partial charge in [0.1, 0.15) is 9.84 Å². The van der Waals surface area contributed by atoms with Crippen LogP contribution in [0.15, 0.2) is 30.3 Å². The Hall–Kier alpha value is -1.40. The number of amides is 1. The Labute approximate surface area is 120 Å². The minimum Gasteiger partial charge on any atom is -0.345 e. The van der Waals surface area contributed by atoms with Crippen LogP contribution in [0, 0.1) is 0 Å². The summed E-state index contributed by atoms with van der Waals surface area (Å²) < 4.78 is 22.1. The lowest BCUT2D eigenvalue weighted by Crippen LogP contribution is -2.31. The van der Waals surface area contributed by atoms with Gasteiger partial charge < -0.3 is 10.6 Å². The maximum absolute atomic E-state index is 11.9. The second-order valence-corrected chi connectivity index (χ2v) is 7.26. The fraction of sp³-hybridized carbons (Fsp3) is 0.500. The van der Waals surface area contributed by atoms with Crippen LogP contribution in [-0.4, -0.2) is 44.8 Å². The van der Waals surface area contributed by atoms with E-state index in [4.69, 9.17) is 5.73 Å². The third-order valence-electron chi connectivity index (χ3n) is 3.12. The molecule has 0 aromatic heterocycles. The summed E-state index contributed by atoms with van der Waals surface area (Å²) in [5, 5.41) is 0. The Morgan fingerprint density at radius 3 is 2.45 bits per heavy atom. The van der Waals surface area contributed by atoms with Crippen molar-refractivity contribution in [3.8, 4) is 0 Å². The lowest BCUT2D eigenvalue weighted by molar-refractivity contribution is -0.129. The molecule has 0 bridgehead atoms. The van der Waals surface area contributed by atoms with Crippen molar-refractivity contribution in [1.82, 2.24) is 4.90 Å². The van der Waals surface area contributed by atoms with E-state index in [-0.39, 0.29) is 24.2 Å². The number of hydrogen-bond acceptors (Lipinski definition) is 4. The van der Waals surface area contributed by atoms with E-state index >= 15 is 0 Å². The molecule has 20 heavy (non-hydrogen) atoms. The summed E-state index contributed by atoms with van der Waals surface area (Å²) in [4.78, 5) is 13.3. The molecule has 112 valence electrons. The van der Waals surface area contributed by atoms with Gasteiger partial charge in [0.2, 0.25) is 5.91 Å². The molecule has 1 unspecified atom stereocenters. The highest BCUT2D eigenvalue weighted by molar-refractivity contribution is 7.90. The largest absolute Gasteiger partial charge is 0.345 e. The van der Waals surface area contributed by atoms with Gasteiger partial charge in [0.25, 0.3) is 0 Å². The molecular weight excluding hydrogens is 276 g/mol. The summed E-state index contributed by atoms with van der Waals surface area (Å²) in [6.45, 7) is 0.220. The molecule has 0 aliphatic rings. The Kier molecular flexibility index (Phi) is 6.16. The second-order valence-electron chi connectivity index (χ2n) is 5.00. The fourth-order valence-electron chi connectivity index (χ4n) is 1.76. The first-order chi connectivity index (χ1) is 9.29. The Morgan fingerprint density at radius 1 is 1.30 bits per heavy atom. The first kappa shape index (κ1) is 16.7. The molecule has 1 aromatic rings. The maximum atomic E-state index is 11.9. The first-order valence-corrected chi connectivity index (χ1v) is 8.58. The fourth-order valence-corrected chi connectivity index (χ4v) is 2.37. The van der Waals surface area contributed by atoms with Crippen LogP contribution in [0.3, 0.4) is 0 Å². The number of nitrogens with zero attached hydrogens (tertiary/aromatic N) is 1. The van der Waals surface area contributed by atoms with Gasteiger partial charge in [-0.3, -0.25) is 4.79 Å². The summed E-state index contributed by atoms with van der Waals surface area (Å²) in [7, 11) is -1.43. The normalized spacial score (nSPS) is 12.9. The third-order valence-corrected chi connectivity index (χ3v) is 4.04. The summed E-state index contributed by atoms with van der Waals surface area (Å²) in [5.41, 5.74) is 7.02. The molecule has 0 heterocycles. The van der Waals surface area contributed by atoms with Gasteiger partial charge in [0.05, 0.1) is 5.75 Å². The molecule has 0 saturated heterocycles. The summed E-state index contributed by atoms with van der Waals surface area (Å²) in [5.74, 6) is -0.0972. The molecule has 0 radical (unpaired) electrons. The molecule has 5 nitrogen and oxygen atoms in total. The van der Waals surface area contributed by atoms with Gasteiger partial charge in [-0.05, 0) is 12.0 Å². The van der Waals surface area contributed by atoms with Gasteiger partial charge in [-0.25, -0.2) is 8.42 Å². The first-order valence-electron chi connectivity index (χ1n) is 6.52. The van der Waals surface area contributed by atoms with Crippen LogP contribution in [0.5, 0.6) is 0 Å². The number of carbonyl (C=O) groups excluding carboxylic acids is 1. The van der Waals surface area contributed by atoms with E-state index in [1.807, 2.05) is 30.3 Å². The van der Waals surface area contributed by atoms with Crippen LogP contribution in [0.25, 0.3) is 0 Å². The standard InChI is InChI=1S/C14H22N2O3S/c1-16(10-11-20(2,18)19)14(17)9-8-13(15)12-6-4-3-5-7-12/h3-7,13H,8-11,15H2,1-2H3. The predicted molar refractivity (Wildman–Crippen MR) is 80.0 cm³/mol. The minimum atomic E-state index is -3.05. The van der Waals surface area contributed by atoms with Crippen LogP contribution in [0.2, 0.25) is 0 Å². The van der Waals surface area contributed by atoms with Gasteiger partial charge in [-0.2, -0.15) is 0 Å². The van der Waals surface area contributed by atoms with Crippen molar-refractivity contribution in [2.75, 3.05) is 25.6 Å². The van der Waals surface area contributed by atoms with Crippen molar-refractivity contribution in [3.63, 3.8) is 0 Å². The quantitative estimate of drug-likeness (QED) is 0.813. The van der Waals surface area contributed by atoms with Crippen LogP contribution in [0.1, 0.15) is 24.4 Å². The molecular formula is C14H22N2O3S. The van der Waals surface area contributed by atoms with Crippen molar-refractivity contribution >= 4 is 15.7 Å². The summed E-state index contributed by atoms with van der Waals surface area (Å²) in [6, 6.07) is 9.43. The number of hydrogen-bond donors (Lipinski definition) is 1. The SMILES string of the molecule is CN(CCS(C)(=O)=O)C(=O)CCC(N)c1ccccc1. The van der Waals surface area contributed by atoms with Crippen LogP contribution in [0.4, 0.5) is 0 Å². The number of benzene rings is 1. The smallest absolute Gasteiger partial charge is 0.222 e. The van der Waals surface area contributed by atoms with Gasteiger partial charge in [0.15, 0.2) is 0 Å². The van der Waals surface area contributed by atoms with E-state index < -0.39 is 9.84 Å². The lowest BCUT2D eigenvalue weighted by Gasteiger charge is -2.18. The summed E-state index contributed by atoms with van der Waals surface area (Å²) in [6.07, 6.45) is 2.03. The molecule has 1 amide bonds. The molecule has 0 spiro atoms. The number of sulfone groups is 1. The molecule has 6 heteroatoms. The van der Waals surface area contributed by atoms with E-state index in [1.54, 1.807) is 7.05 Å². The number of nitrogens with two attached hydrogens (primary N) is 1. The topological polar surface area (TPSA) is 80.5 Å². The monoisotopic (exact) mass is 298 g/mol. The van der Waals surface area contributed by atoms with Crippen molar-refractivity contribution in [2.45, 2.75) is 18.9 Å². The number of rotatable bonds is 7. The Balaban J connectivity index is 2.39. The van der Waals surface area contributed by atoms with E-state index in [0.29, 0.717) is 12.8 Å². The molecule has 1 atom stereocenters. The van der Waals surface area contributed by atoms with Crippen molar-refractivity contribution in [2.24, 2.45) is 5.73 Å². The zero-order chi connectivity index (χ0) is 15.2. The van der Waals surface area contributed by atoms with Crippen molar-refractivity contribution in [3.05, 3.63) is 35.9 Å². The van der Waals surface area contributed by atoms with Crippen molar-refractivity contribution < 1.29 is 13.2 Å². The molecule has 0 aliphatic heterocycles. The van der Waals surface area contributed by atoms with Crippen LogP contribution in [-0.2, 0) is 14.6 Å². The average Bonchev–Trinajstić information content (AvgIpc) is 2.41. The zero-order valence-corrected chi connectivity index (χ0v) is 12.8. The molecule has 0 fully saturated rings. The molecule has 2 N–H and O–H groups in total. The molecule has 1 aromatic carbocycles. The summed E-state index contributed by atoms with van der Waals surface area (Å²) >= 11 is 0. The lowest BCUT2D eigenvalue weighted by atomic mass is 10.0. The van der Waals surface area contributed by atoms with Gasteiger partial charge in [0, 0.05) is 32.3 Å². The minimum absolute atomic E-state index is 0.0139. The average molecular weight is 298 g/mol. The highest BCUT2D eigenvalue weighted by atomic mass is 32.2. The van der Waals surface area contributed by atoms with Crippen LogP contribution < -0.4 is 5.73 Å². The van der Waals surface area contributed by atoms with E-state index in [1.165, 1.54) is 4.90 Å². The highest BCUT2D eigenvalue weighted by Crippen LogP contribution is 2.15. The molecule has 0 aliphatic carbocycles. The van der Waals surface area contributed by atoms with Gasteiger partial charge in [-0.15, -0.1) is 0 Å². The highest BCUT2D eigenvalue weighted by Gasteiger charge is 2.14. The van der Waals surface area contributed by atoms with E-state index in [0.717, 1.165) is 11.8 Å². The Morgan fingerprint density at radius 2 is 1.90 bits per heavy atom. The van der Waals surface area contributed by atoms with Crippen LogP contribution >= 0.6 is 0 Å². The van der Waals surface area contributed by atoms with E-state index in [9.17, 15) is 13.2 Å². The number of carbonyl (C=O) groups is 1. The molecule has 0 saturated carbocycles. The van der Waals surface area contributed by atoms with E-state index in [2.05, 4.69) is 0 Å². The van der Waals surface area contributed by atoms with Gasteiger partial charge in [-0.1, -0.05) is 30.3 Å². The maximum Gasteiger partial charge on any atom is 0.222 e. The predicted octanol–water partition coefficient (Wildman–Crippen LogP) is 0.970. The zero-order valence-electron chi connectivity index (χ0n) is 12.0. The Bertz CT molecular complexity index is 529. The molecule has 1 rings (SSSR count). The van der Waals surface area contributed by atoms with Crippen molar-refractivity contribution in [1.29, 1.82) is 0 Å². The van der Waals surface area contributed by atoms with Gasteiger partial charge >= 0.3 is 0 Å². The third kappa shape index (κ3) is 6.16.